The van der Waals surface area contributed by atoms with Gasteiger partial charge in [0, 0.05) is 11.1 Å². The molecule has 0 saturated heterocycles. The van der Waals surface area contributed by atoms with E-state index in [1.807, 2.05) is 0 Å². The number of hydrogen-bond donors (Lipinski definition) is 2. The van der Waals surface area contributed by atoms with Crippen molar-refractivity contribution in [1.82, 2.24) is 10.3 Å². The van der Waals surface area contributed by atoms with Gasteiger partial charge in [0.15, 0.2) is 0 Å². The highest BCUT2D eigenvalue weighted by molar-refractivity contribution is 7.09. The number of amides is 1. The predicted octanol–water partition coefficient (Wildman–Crippen LogP) is -0.156. The minimum Gasteiger partial charge on any atom is -0.474 e. The number of carbonyl (C=O) groups is 2. The molecule has 0 aliphatic carbocycles. The zero-order valence-electron chi connectivity index (χ0n) is 5.98. The minimum atomic E-state index is -1.47. The molecule has 64 valence electrons. The van der Waals surface area contributed by atoms with Gasteiger partial charge in [-0.3, -0.25) is 9.78 Å². The van der Waals surface area contributed by atoms with Gasteiger partial charge in [-0.1, -0.05) is 0 Å². The summed E-state index contributed by atoms with van der Waals surface area (Å²) in [5.74, 6) is -2.47. The molecule has 1 aromatic rings. The number of rotatable bonds is 2. The summed E-state index contributed by atoms with van der Waals surface area (Å²) in [5, 5.41) is 10.4. The van der Waals surface area contributed by atoms with Gasteiger partial charge < -0.3 is 10.4 Å². The third-order valence-electron chi connectivity index (χ3n) is 1.10. The summed E-state index contributed by atoms with van der Waals surface area (Å²) in [6, 6.07) is 0. The molecule has 0 fully saturated rings. The molecular weight excluding hydrogens is 180 g/mol. The van der Waals surface area contributed by atoms with E-state index in [2.05, 4.69) is 10.3 Å². The van der Waals surface area contributed by atoms with Crippen molar-refractivity contribution in [1.29, 1.82) is 0 Å². The van der Waals surface area contributed by atoms with Crippen molar-refractivity contribution < 1.29 is 14.7 Å². The van der Waals surface area contributed by atoms with E-state index in [1.165, 1.54) is 11.3 Å². The summed E-state index contributed by atoms with van der Waals surface area (Å²) in [6.07, 6.45) is 1.58. The third kappa shape index (κ3) is 2.31. The second-order valence-corrected chi connectivity index (χ2v) is 2.93. The first-order chi connectivity index (χ1) is 5.70. The Balaban J connectivity index is 2.37. The van der Waals surface area contributed by atoms with Crippen molar-refractivity contribution >= 4 is 23.2 Å². The standard InChI is InChI=1S/C6H6N2O3S/c9-5(6(10)11)8-2-4-1-7-3-12-4/h1,3H,2H2,(H,8,9)(H,10,11). The Morgan fingerprint density at radius 3 is 2.92 bits per heavy atom. The first-order valence-corrected chi connectivity index (χ1v) is 3.96. The second kappa shape index (κ2) is 3.82. The van der Waals surface area contributed by atoms with Crippen LogP contribution in [0.3, 0.4) is 0 Å². The van der Waals surface area contributed by atoms with Crippen LogP contribution in [0.25, 0.3) is 0 Å². The Labute approximate surface area is 72.1 Å². The number of carboxylic acids is 1. The highest BCUT2D eigenvalue weighted by Crippen LogP contribution is 2.03. The highest BCUT2D eigenvalue weighted by atomic mass is 32.1. The molecule has 2 N–H and O–H groups in total. The zero-order valence-corrected chi connectivity index (χ0v) is 6.80. The van der Waals surface area contributed by atoms with Gasteiger partial charge >= 0.3 is 11.9 Å². The topological polar surface area (TPSA) is 79.3 Å². The zero-order chi connectivity index (χ0) is 8.97. The fourth-order valence-corrected chi connectivity index (χ4v) is 1.11. The van der Waals surface area contributed by atoms with Crippen LogP contribution in [0.4, 0.5) is 0 Å². The van der Waals surface area contributed by atoms with Crippen LogP contribution >= 0.6 is 11.3 Å². The number of aromatic nitrogens is 1. The quantitative estimate of drug-likeness (QED) is 0.629. The van der Waals surface area contributed by atoms with Crippen molar-refractivity contribution in [3.63, 3.8) is 0 Å². The smallest absolute Gasteiger partial charge is 0.394 e. The van der Waals surface area contributed by atoms with E-state index in [9.17, 15) is 9.59 Å². The van der Waals surface area contributed by atoms with Crippen molar-refractivity contribution in [3.05, 3.63) is 16.6 Å². The molecule has 5 nitrogen and oxygen atoms in total. The van der Waals surface area contributed by atoms with Gasteiger partial charge in [-0.25, -0.2) is 4.79 Å². The molecule has 0 radical (unpaired) electrons. The Morgan fingerprint density at radius 2 is 2.42 bits per heavy atom. The molecule has 0 unspecified atom stereocenters. The van der Waals surface area contributed by atoms with Gasteiger partial charge in [0.25, 0.3) is 0 Å². The van der Waals surface area contributed by atoms with E-state index in [4.69, 9.17) is 5.11 Å². The number of aliphatic carboxylic acids is 1. The van der Waals surface area contributed by atoms with E-state index < -0.39 is 11.9 Å². The first kappa shape index (κ1) is 8.66. The molecule has 0 saturated carbocycles. The van der Waals surface area contributed by atoms with E-state index in [1.54, 1.807) is 11.7 Å². The molecule has 12 heavy (non-hydrogen) atoms. The van der Waals surface area contributed by atoms with Crippen LogP contribution in [0.1, 0.15) is 4.88 Å². The van der Waals surface area contributed by atoms with Gasteiger partial charge in [0.2, 0.25) is 0 Å². The lowest BCUT2D eigenvalue weighted by atomic mass is 10.5. The largest absolute Gasteiger partial charge is 0.474 e. The average Bonchev–Trinajstić information content (AvgIpc) is 2.51. The van der Waals surface area contributed by atoms with Crippen LogP contribution in [0.15, 0.2) is 11.7 Å². The van der Waals surface area contributed by atoms with Crippen LogP contribution in [-0.4, -0.2) is 22.0 Å². The molecule has 1 heterocycles. The molecule has 6 heteroatoms. The second-order valence-electron chi connectivity index (χ2n) is 1.96. The van der Waals surface area contributed by atoms with Gasteiger partial charge in [0.1, 0.15) is 0 Å². The van der Waals surface area contributed by atoms with Gasteiger partial charge in [0.05, 0.1) is 12.1 Å². The van der Waals surface area contributed by atoms with Gasteiger partial charge in [-0.15, -0.1) is 11.3 Å². The van der Waals surface area contributed by atoms with Crippen molar-refractivity contribution in [2.45, 2.75) is 6.54 Å². The number of carbonyl (C=O) groups excluding carboxylic acids is 1. The Bertz CT molecular complexity index is 283. The van der Waals surface area contributed by atoms with Crippen LogP contribution in [0.5, 0.6) is 0 Å². The molecule has 1 aromatic heterocycles. The lowest BCUT2D eigenvalue weighted by molar-refractivity contribution is -0.150. The fourth-order valence-electron chi connectivity index (χ4n) is 0.572. The monoisotopic (exact) mass is 186 g/mol. The molecule has 0 atom stereocenters. The summed E-state index contributed by atoms with van der Waals surface area (Å²) in [4.78, 5) is 25.1. The maximum absolute atomic E-state index is 10.5. The van der Waals surface area contributed by atoms with E-state index >= 15 is 0 Å². The molecule has 0 aromatic carbocycles. The van der Waals surface area contributed by atoms with E-state index in [0.717, 1.165) is 4.88 Å². The summed E-state index contributed by atoms with van der Waals surface area (Å²) in [5.41, 5.74) is 1.61. The first-order valence-electron chi connectivity index (χ1n) is 3.08. The molecular formula is C6H6N2O3S. The SMILES string of the molecule is O=C(O)C(=O)NCc1cncs1. The predicted molar refractivity (Wildman–Crippen MR) is 41.6 cm³/mol. The van der Waals surface area contributed by atoms with Crippen molar-refractivity contribution in [2.75, 3.05) is 0 Å². The van der Waals surface area contributed by atoms with Crippen molar-refractivity contribution in [3.8, 4) is 0 Å². The van der Waals surface area contributed by atoms with Crippen LogP contribution in [0, 0.1) is 0 Å². The normalized spacial score (nSPS) is 9.33. The summed E-state index contributed by atoms with van der Waals surface area (Å²) in [7, 11) is 0. The van der Waals surface area contributed by atoms with Crippen LogP contribution in [0.2, 0.25) is 0 Å². The molecule has 0 aliphatic heterocycles. The number of carboxylic acid groups (broad SMARTS) is 1. The van der Waals surface area contributed by atoms with Crippen LogP contribution < -0.4 is 5.32 Å². The van der Waals surface area contributed by atoms with E-state index in [-0.39, 0.29) is 6.54 Å². The average molecular weight is 186 g/mol. The highest BCUT2D eigenvalue weighted by Gasteiger charge is 2.09. The van der Waals surface area contributed by atoms with E-state index in [0.29, 0.717) is 0 Å². The Hall–Kier alpha value is -1.43. The van der Waals surface area contributed by atoms with Crippen molar-refractivity contribution in [2.24, 2.45) is 0 Å². The summed E-state index contributed by atoms with van der Waals surface area (Å²) < 4.78 is 0. The Morgan fingerprint density at radius 1 is 1.67 bits per heavy atom. The Kier molecular flexibility index (Phi) is 2.76. The maximum atomic E-state index is 10.5. The van der Waals surface area contributed by atoms with Crippen LogP contribution in [-0.2, 0) is 16.1 Å². The third-order valence-corrected chi connectivity index (χ3v) is 1.88. The number of nitrogens with one attached hydrogen (secondary N) is 1. The van der Waals surface area contributed by atoms with Gasteiger partial charge in [-0.2, -0.15) is 0 Å². The van der Waals surface area contributed by atoms with Gasteiger partial charge in [-0.05, 0) is 0 Å². The molecule has 0 aliphatic rings. The summed E-state index contributed by atoms with van der Waals surface area (Å²) >= 11 is 1.36. The molecule has 1 amide bonds. The maximum Gasteiger partial charge on any atom is 0.394 e. The number of thiazole rings is 1. The molecule has 0 bridgehead atoms. The molecule has 1 rings (SSSR count). The lowest BCUT2D eigenvalue weighted by Gasteiger charge is -1.96. The number of hydrogen-bond acceptors (Lipinski definition) is 4. The summed E-state index contributed by atoms with van der Waals surface area (Å²) in [6.45, 7) is 0.218. The lowest BCUT2D eigenvalue weighted by Crippen LogP contribution is -2.29. The fraction of sp³-hybridized carbons (Fsp3) is 0.167. The number of nitrogens with zero attached hydrogens (tertiary/aromatic N) is 1. The minimum absolute atomic E-state index is 0.218. The molecule has 0 spiro atoms.